The van der Waals surface area contributed by atoms with Gasteiger partial charge in [0.05, 0.1) is 6.26 Å². The maximum Gasteiger partial charge on any atom is 0.211 e. The minimum atomic E-state index is -3.18. The van der Waals surface area contributed by atoms with Gasteiger partial charge in [-0.25, -0.2) is 21.5 Å². The lowest BCUT2D eigenvalue weighted by Crippen LogP contribution is -2.50. The van der Waals surface area contributed by atoms with Crippen LogP contribution in [0.3, 0.4) is 0 Å². The molecule has 7 heteroatoms. The van der Waals surface area contributed by atoms with Gasteiger partial charge in [0.2, 0.25) is 10.0 Å². The van der Waals surface area contributed by atoms with Gasteiger partial charge < -0.3 is 5.32 Å². The number of nitrogens with one attached hydrogen (secondary N) is 1. The average Bonchev–Trinajstić information content (AvgIpc) is 2.46. The fraction of sp³-hybridized carbons (Fsp3) is 0.625. The predicted molar refractivity (Wildman–Crippen MR) is 86.5 cm³/mol. The minimum absolute atomic E-state index is 0.0994. The fourth-order valence-electron chi connectivity index (χ4n) is 3.13. The Morgan fingerprint density at radius 2 is 2.09 bits per heavy atom. The number of hydrogen-bond acceptors (Lipinski definition) is 3. The van der Waals surface area contributed by atoms with E-state index >= 15 is 0 Å². The van der Waals surface area contributed by atoms with Crippen molar-refractivity contribution < 1.29 is 17.2 Å². The van der Waals surface area contributed by atoms with Gasteiger partial charge in [0, 0.05) is 36.8 Å². The standard InChI is InChI=1S/C16H24F2N2O2S/c1-4-15(13-6-5-12(17)9-14(13)18)19-16-7-8-20(10-11(16)2)23(3,21)22/h5-6,9,11,15-16,19H,4,7-8,10H2,1-3H3/t11-,15+,16-/m1/s1. The van der Waals surface area contributed by atoms with Gasteiger partial charge in [-0.05, 0) is 24.8 Å². The van der Waals surface area contributed by atoms with Crippen molar-refractivity contribution in [3.05, 3.63) is 35.4 Å². The lowest BCUT2D eigenvalue weighted by Gasteiger charge is -2.38. The molecular weight excluding hydrogens is 322 g/mol. The van der Waals surface area contributed by atoms with Crippen LogP contribution in [-0.2, 0) is 10.0 Å². The largest absolute Gasteiger partial charge is 0.307 e. The summed E-state index contributed by atoms with van der Waals surface area (Å²) >= 11 is 0. The number of halogens is 2. The Morgan fingerprint density at radius 1 is 1.39 bits per heavy atom. The van der Waals surface area contributed by atoms with Crippen LogP contribution >= 0.6 is 0 Å². The summed E-state index contributed by atoms with van der Waals surface area (Å²) in [6.45, 7) is 4.85. The van der Waals surface area contributed by atoms with Crippen molar-refractivity contribution in [2.75, 3.05) is 19.3 Å². The van der Waals surface area contributed by atoms with Crippen LogP contribution in [0.5, 0.6) is 0 Å². The summed E-state index contributed by atoms with van der Waals surface area (Å²) in [4.78, 5) is 0. The van der Waals surface area contributed by atoms with Crippen molar-refractivity contribution in [2.45, 2.75) is 38.8 Å². The molecule has 0 spiro atoms. The first-order valence-corrected chi connectivity index (χ1v) is 9.73. The molecule has 130 valence electrons. The molecule has 1 aliphatic rings. The second-order valence-electron chi connectivity index (χ2n) is 6.29. The average molecular weight is 346 g/mol. The molecule has 1 N–H and O–H groups in total. The molecule has 4 nitrogen and oxygen atoms in total. The summed E-state index contributed by atoms with van der Waals surface area (Å²) in [6.07, 6.45) is 2.56. The zero-order valence-corrected chi connectivity index (χ0v) is 14.5. The van der Waals surface area contributed by atoms with Crippen LogP contribution in [0.15, 0.2) is 18.2 Å². The van der Waals surface area contributed by atoms with E-state index in [1.165, 1.54) is 22.7 Å². The van der Waals surface area contributed by atoms with Crippen molar-refractivity contribution in [1.29, 1.82) is 0 Å². The molecule has 1 fully saturated rings. The summed E-state index contributed by atoms with van der Waals surface area (Å²) in [5.74, 6) is -1.02. The Balaban J connectivity index is 2.08. The van der Waals surface area contributed by atoms with Crippen LogP contribution in [0.2, 0.25) is 0 Å². The molecule has 0 amide bonds. The molecule has 0 aromatic heterocycles. The van der Waals surface area contributed by atoms with Crippen molar-refractivity contribution in [3.8, 4) is 0 Å². The first-order valence-electron chi connectivity index (χ1n) is 7.88. The maximum atomic E-state index is 14.0. The molecule has 23 heavy (non-hydrogen) atoms. The van der Waals surface area contributed by atoms with Crippen LogP contribution in [0, 0.1) is 17.6 Å². The highest BCUT2D eigenvalue weighted by atomic mass is 32.2. The molecular formula is C16H24F2N2O2S. The Hall–Kier alpha value is -1.05. The molecule has 1 heterocycles. The predicted octanol–water partition coefficient (Wildman–Crippen LogP) is 2.68. The number of sulfonamides is 1. The van der Waals surface area contributed by atoms with Crippen molar-refractivity contribution >= 4 is 10.0 Å². The minimum Gasteiger partial charge on any atom is -0.307 e. The van der Waals surface area contributed by atoms with Crippen LogP contribution < -0.4 is 5.32 Å². The van der Waals surface area contributed by atoms with E-state index in [1.54, 1.807) is 0 Å². The van der Waals surface area contributed by atoms with Crippen molar-refractivity contribution in [1.82, 2.24) is 9.62 Å². The molecule has 0 aliphatic carbocycles. The molecule has 0 saturated carbocycles. The van der Waals surface area contributed by atoms with E-state index in [4.69, 9.17) is 0 Å². The van der Waals surface area contributed by atoms with Gasteiger partial charge in [0.1, 0.15) is 11.6 Å². The van der Waals surface area contributed by atoms with E-state index in [0.717, 1.165) is 6.07 Å². The summed E-state index contributed by atoms with van der Waals surface area (Å²) in [5, 5.41) is 3.42. The highest BCUT2D eigenvalue weighted by Crippen LogP contribution is 2.26. The number of benzene rings is 1. The summed E-state index contributed by atoms with van der Waals surface area (Å²) in [6, 6.07) is 3.52. The summed E-state index contributed by atoms with van der Waals surface area (Å²) in [7, 11) is -3.18. The molecule has 0 bridgehead atoms. The van der Waals surface area contributed by atoms with Gasteiger partial charge in [0.25, 0.3) is 0 Å². The second kappa shape index (κ2) is 7.23. The SMILES string of the molecule is CC[C@H](N[C@@H]1CCN(S(C)(=O)=O)C[C@H]1C)c1ccc(F)cc1F. The van der Waals surface area contributed by atoms with E-state index in [-0.39, 0.29) is 18.0 Å². The summed E-state index contributed by atoms with van der Waals surface area (Å²) in [5.41, 5.74) is 0.451. The third-order valence-corrected chi connectivity index (χ3v) is 5.77. The van der Waals surface area contributed by atoms with Gasteiger partial charge >= 0.3 is 0 Å². The molecule has 2 rings (SSSR count). The number of nitrogens with zero attached hydrogens (tertiary/aromatic N) is 1. The third kappa shape index (κ3) is 4.49. The molecule has 1 saturated heterocycles. The Kier molecular flexibility index (Phi) is 5.75. The highest BCUT2D eigenvalue weighted by Gasteiger charge is 2.31. The fourth-order valence-corrected chi connectivity index (χ4v) is 4.07. The number of rotatable bonds is 5. The first kappa shape index (κ1) is 18.3. The quantitative estimate of drug-likeness (QED) is 0.892. The van der Waals surface area contributed by atoms with E-state index in [2.05, 4.69) is 5.32 Å². The van der Waals surface area contributed by atoms with Crippen LogP contribution in [0.4, 0.5) is 8.78 Å². The zero-order chi connectivity index (χ0) is 17.2. The van der Waals surface area contributed by atoms with Gasteiger partial charge in [-0.2, -0.15) is 0 Å². The van der Waals surface area contributed by atoms with E-state index in [1.807, 2.05) is 13.8 Å². The Bertz CT molecular complexity index is 651. The maximum absolute atomic E-state index is 14.0. The molecule has 3 atom stereocenters. The Labute approximate surface area is 136 Å². The molecule has 1 aromatic carbocycles. The van der Waals surface area contributed by atoms with Gasteiger partial charge in [-0.1, -0.05) is 19.9 Å². The lowest BCUT2D eigenvalue weighted by molar-refractivity contribution is 0.205. The monoisotopic (exact) mass is 346 g/mol. The van der Waals surface area contributed by atoms with E-state index < -0.39 is 21.7 Å². The summed E-state index contributed by atoms with van der Waals surface area (Å²) < 4.78 is 51.8. The smallest absolute Gasteiger partial charge is 0.211 e. The molecule has 1 aromatic rings. The van der Waals surface area contributed by atoms with E-state index in [9.17, 15) is 17.2 Å². The van der Waals surface area contributed by atoms with Crippen LogP contribution in [0.25, 0.3) is 0 Å². The van der Waals surface area contributed by atoms with Gasteiger partial charge in [-0.15, -0.1) is 0 Å². The first-order chi connectivity index (χ1) is 10.7. The van der Waals surface area contributed by atoms with Gasteiger partial charge in [0.15, 0.2) is 0 Å². The van der Waals surface area contributed by atoms with Crippen molar-refractivity contribution in [2.24, 2.45) is 5.92 Å². The number of piperidine rings is 1. The van der Waals surface area contributed by atoms with E-state index in [0.29, 0.717) is 31.5 Å². The normalized spacial score (nSPS) is 24.6. The lowest BCUT2D eigenvalue weighted by atomic mass is 9.92. The third-order valence-electron chi connectivity index (χ3n) is 4.50. The van der Waals surface area contributed by atoms with Crippen molar-refractivity contribution in [3.63, 3.8) is 0 Å². The molecule has 1 aliphatic heterocycles. The number of hydrogen-bond donors (Lipinski definition) is 1. The topological polar surface area (TPSA) is 49.4 Å². The van der Waals surface area contributed by atoms with Crippen LogP contribution in [-0.4, -0.2) is 38.1 Å². The zero-order valence-electron chi connectivity index (χ0n) is 13.7. The van der Waals surface area contributed by atoms with Crippen LogP contribution in [0.1, 0.15) is 38.3 Å². The Morgan fingerprint density at radius 3 is 2.61 bits per heavy atom. The van der Waals surface area contributed by atoms with Gasteiger partial charge in [-0.3, -0.25) is 0 Å². The second-order valence-corrected chi connectivity index (χ2v) is 8.27. The molecule has 0 radical (unpaired) electrons. The highest BCUT2D eigenvalue weighted by molar-refractivity contribution is 7.88. The molecule has 0 unspecified atom stereocenters.